The number of non-ortho nitro benzene ring substituents is 1. The lowest BCUT2D eigenvalue weighted by atomic mass is 10.1. The summed E-state index contributed by atoms with van der Waals surface area (Å²) in [6.07, 6.45) is 1.56. The number of hydrogen-bond donors (Lipinski definition) is 0. The molecule has 0 atom stereocenters. The molecule has 1 saturated heterocycles. The van der Waals surface area contributed by atoms with Gasteiger partial charge in [-0.3, -0.25) is 29.4 Å². The number of amides is 2. The third-order valence-electron chi connectivity index (χ3n) is 5.10. The molecule has 9 nitrogen and oxygen atoms in total. The van der Waals surface area contributed by atoms with Gasteiger partial charge >= 0.3 is 0 Å². The molecule has 0 saturated carbocycles. The molecule has 0 unspecified atom stereocenters. The van der Waals surface area contributed by atoms with Crippen LogP contribution in [0.4, 0.5) is 10.5 Å². The maximum atomic E-state index is 12.8. The zero-order valence-electron chi connectivity index (χ0n) is 18.9. The molecule has 0 aliphatic carbocycles. The third-order valence-corrected chi connectivity index (χ3v) is 6.00. The van der Waals surface area contributed by atoms with Crippen molar-refractivity contribution in [1.29, 1.82) is 0 Å². The number of benzene rings is 3. The first-order valence-corrected chi connectivity index (χ1v) is 11.7. The van der Waals surface area contributed by atoms with Gasteiger partial charge < -0.3 is 9.47 Å². The van der Waals surface area contributed by atoms with E-state index in [1.165, 1.54) is 24.3 Å². The van der Waals surface area contributed by atoms with E-state index in [0.717, 1.165) is 22.4 Å². The smallest absolute Gasteiger partial charge is 0.293 e. The Bertz CT molecular complexity index is 1320. The SMILES string of the molecule is O=C(CN1C(=O)S/C(=C/c2cccc(OCCOc3ccccc3)c2)C1=O)c1ccc([N+](=O)[O-])cc1. The van der Waals surface area contributed by atoms with Crippen LogP contribution in [-0.2, 0) is 4.79 Å². The van der Waals surface area contributed by atoms with Crippen molar-refractivity contribution in [1.82, 2.24) is 4.90 Å². The minimum absolute atomic E-state index is 0.157. The molecule has 0 radical (unpaired) electrons. The lowest BCUT2D eigenvalue weighted by Gasteiger charge is -2.11. The molecule has 3 aromatic carbocycles. The van der Waals surface area contributed by atoms with Crippen molar-refractivity contribution in [2.45, 2.75) is 0 Å². The van der Waals surface area contributed by atoms with Crippen LogP contribution < -0.4 is 9.47 Å². The minimum Gasteiger partial charge on any atom is -0.490 e. The highest BCUT2D eigenvalue weighted by Gasteiger charge is 2.36. The van der Waals surface area contributed by atoms with E-state index in [4.69, 9.17) is 9.47 Å². The monoisotopic (exact) mass is 504 g/mol. The van der Waals surface area contributed by atoms with E-state index in [1.54, 1.807) is 30.3 Å². The fourth-order valence-corrected chi connectivity index (χ4v) is 4.16. The van der Waals surface area contributed by atoms with Crippen molar-refractivity contribution in [2.24, 2.45) is 0 Å². The molecule has 10 heteroatoms. The number of rotatable bonds is 10. The van der Waals surface area contributed by atoms with Crippen molar-refractivity contribution in [3.63, 3.8) is 0 Å². The van der Waals surface area contributed by atoms with E-state index in [1.807, 2.05) is 30.3 Å². The number of nitrogens with zero attached hydrogens (tertiary/aromatic N) is 2. The van der Waals surface area contributed by atoms with Crippen molar-refractivity contribution >= 4 is 40.5 Å². The van der Waals surface area contributed by atoms with Gasteiger partial charge in [0.1, 0.15) is 24.7 Å². The summed E-state index contributed by atoms with van der Waals surface area (Å²) in [6, 6.07) is 21.4. The minimum atomic E-state index is -0.581. The molecule has 36 heavy (non-hydrogen) atoms. The second-order valence-corrected chi connectivity index (χ2v) is 8.57. The topological polar surface area (TPSA) is 116 Å². The molecular formula is C26H20N2O7S. The van der Waals surface area contributed by atoms with E-state index in [9.17, 15) is 24.5 Å². The number of nitro groups is 1. The summed E-state index contributed by atoms with van der Waals surface area (Å²) in [6.45, 7) is 0.222. The quantitative estimate of drug-likeness (QED) is 0.125. The van der Waals surface area contributed by atoms with Crippen molar-refractivity contribution in [3.05, 3.63) is 105 Å². The second-order valence-electron chi connectivity index (χ2n) is 7.58. The van der Waals surface area contributed by atoms with Gasteiger partial charge in [0.05, 0.1) is 16.4 Å². The third kappa shape index (κ3) is 6.16. The van der Waals surface area contributed by atoms with Crippen LogP contribution in [0.15, 0.2) is 83.8 Å². The van der Waals surface area contributed by atoms with E-state index < -0.39 is 28.4 Å². The number of imide groups is 1. The molecule has 2 amide bonds. The maximum Gasteiger partial charge on any atom is 0.293 e. The summed E-state index contributed by atoms with van der Waals surface area (Å²) < 4.78 is 11.3. The fourth-order valence-electron chi connectivity index (χ4n) is 3.32. The Morgan fingerprint density at radius 1 is 0.917 bits per heavy atom. The highest BCUT2D eigenvalue weighted by Crippen LogP contribution is 2.33. The van der Waals surface area contributed by atoms with Gasteiger partial charge in [0.15, 0.2) is 5.78 Å². The molecule has 3 aromatic rings. The van der Waals surface area contributed by atoms with Gasteiger partial charge in [-0.2, -0.15) is 0 Å². The van der Waals surface area contributed by atoms with Crippen LogP contribution in [0.25, 0.3) is 6.08 Å². The highest BCUT2D eigenvalue weighted by atomic mass is 32.2. The van der Waals surface area contributed by atoms with Crippen LogP contribution in [0.1, 0.15) is 15.9 Å². The molecule has 0 aromatic heterocycles. The van der Waals surface area contributed by atoms with Crippen LogP contribution in [0.5, 0.6) is 11.5 Å². The molecule has 1 heterocycles. The molecule has 1 aliphatic heterocycles. The largest absolute Gasteiger partial charge is 0.490 e. The average molecular weight is 505 g/mol. The van der Waals surface area contributed by atoms with Crippen LogP contribution >= 0.6 is 11.8 Å². The van der Waals surface area contributed by atoms with Crippen molar-refractivity contribution in [2.75, 3.05) is 19.8 Å². The van der Waals surface area contributed by atoms with Gasteiger partial charge in [-0.25, -0.2) is 0 Å². The summed E-state index contributed by atoms with van der Waals surface area (Å²) in [5, 5.41) is 10.2. The fraction of sp³-hybridized carbons (Fsp3) is 0.115. The lowest BCUT2D eigenvalue weighted by Crippen LogP contribution is -2.33. The van der Waals surface area contributed by atoms with Crippen molar-refractivity contribution < 1.29 is 28.8 Å². The summed E-state index contributed by atoms with van der Waals surface area (Å²) in [5.74, 6) is 0.245. The molecule has 182 valence electrons. The zero-order chi connectivity index (χ0) is 25.5. The maximum absolute atomic E-state index is 12.8. The first-order valence-electron chi connectivity index (χ1n) is 10.8. The number of ketones is 1. The Balaban J connectivity index is 1.35. The van der Waals surface area contributed by atoms with Crippen LogP contribution in [0.3, 0.4) is 0 Å². The van der Waals surface area contributed by atoms with E-state index >= 15 is 0 Å². The summed E-state index contributed by atoms with van der Waals surface area (Å²) >= 11 is 0.741. The number of ether oxygens (including phenoxy) is 2. The number of carbonyl (C=O) groups excluding carboxylic acids is 3. The number of Topliss-reactive ketones (excluding diaryl/α,β-unsaturated/α-hetero) is 1. The first kappa shape index (κ1) is 24.7. The predicted octanol–water partition coefficient (Wildman–Crippen LogP) is 4.97. The number of thioether (sulfide) groups is 1. The van der Waals surface area contributed by atoms with Gasteiger partial charge in [0, 0.05) is 17.7 Å². The summed E-state index contributed by atoms with van der Waals surface area (Å²) in [4.78, 5) is 49.0. The Morgan fingerprint density at radius 3 is 2.28 bits per heavy atom. The number of hydrogen-bond acceptors (Lipinski definition) is 8. The Labute approximate surface area is 210 Å². The predicted molar refractivity (Wildman–Crippen MR) is 134 cm³/mol. The highest BCUT2D eigenvalue weighted by molar-refractivity contribution is 8.18. The molecule has 0 N–H and O–H groups in total. The Morgan fingerprint density at radius 2 is 1.58 bits per heavy atom. The van der Waals surface area contributed by atoms with Crippen molar-refractivity contribution in [3.8, 4) is 11.5 Å². The summed E-state index contributed by atoms with van der Waals surface area (Å²) in [7, 11) is 0. The number of carbonyl (C=O) groups is 3. The Hall–Kier alpha value is -4.44. The normalized spacial score (nSPS) is 14.2. The summed E-state index contributed by atoms with van der Waals surface area (Å²) in [5.41, 5.74) is 0.670. The van der Waals surface area contributed by atoms with Gasteiger partial charge in [-0.1, -0.05) is 30.3 Å². The van der Waals surface area contributed by atoms with E-state index in [2.05, 4.69) is 0 Å². The Kier molecular flexibility index (Phi) is 7.76. The number of para-hydroxylation sites is 1. The van der Waals surface area contributed by atoms with Gasteiger partial charge in [-0.05, 0) is 59.8 Å². The van der Waals surface area contributed by atoms with Crippen LogP contribution in [0.2, 0.25) is 0 Å². The number of nitro benzene ring substituents is 1. The standard InChI is InChI=1S/C26H20N2O7S/c29-23(19-9-11-20(12-10-19)28(32)33)17-27-25(30)24(36-26(27)31)16-18-5-4-8-22(15-18)35-14-13-34-21-6-2-1-3-7-21/h1-12,15-16H,13-14,17H2/b24-16+. The molecule has 1 fully saturated rings. The van der Waals surface area contributed by atoms with E-state index in [-0.39, 0.29) is 16.2 Å². The second kappa shape index (κ2) is 11.3. The van der Waals surface area contributed by atoms with Gasteiger partial charge in [0.2, 0.25) is 0 Å². The molecule has 0 bridgehead atoms. The van der Waals surface area contributed by atoms with Gasteiger partial charge in [-0.15, -0.1) is 0 Å². The molecule has 4 rings (SSSR count). The lowest BCUT2D eigenvalue weighted by molar-refractivity contribution is -0.384. The zero-order valence-corrected chi connectivity index (χ0v) is 19.7. The van der Waals surface area contributed by atoms with E-state index in [0.29, 0.717) is 24.5 Å². The average Bonchev–Trinajstić information content (AvgIpc) is 3.14. The molecular weight excluding hydrogens is 484 g/mol. The van der Waals surface area contributed by atoms with Gasteiger partial charge in [0.25, 0.3) is 16.8 Å². The van der Waals surface area contributed by atoms with Crippen LogP contribution in [-0.4, -0.2) is 46.5 Å². The molecule has 1 aliphatic rings. The van der Waals surface area contributed by atoms with Crippen LogP contribution in [0, 0.1) is 10.1 Å². The molecule has 0 spiro atoms. The first-order chi connectivity index (χ1) is 17.4.